The van der Waals surface area contributed by atoms with Crippen LogP contribution in [0.2, 0.25) is 5.02 Å². The molecule has 0 bridgehead atoms. The lowest BCUT2D eigenvalue weighted by molar-refractivity contribution is -0.497. The molecular formula is C12H11ClF2N2O4. The van der Waals surface area contributed by atoms with E-state index in [4.69, 9.17) is 11.6 Å². The second-order valence-corrected chi connectivity index (χ2v) is 4.98. The second-order valence-electron chi connectivity index (χ2n) is 4.54. The maximum absolute atomic E-state index is 12.3. The zero-order valence-corrected chi connectivity index (χ0v) is 11.3. The van der Waals surface area contributed by atoms with Crippen LogP contribution in [0, 0.1) is 16.0 Å². The van der Waals surface area contributed by atoms with Gasteiger partial charge in [0.25, 0.3) is 0 Å². The molecule has 2 atom stereocenters. The summed E-state index contributed by atoms with van der Waals surface area (Å²) in [6.07, 6.45) is 0.189. The van der Waals surface area contributed by atoms with Gasteiger partial charge < -0.3 is 10.1 Å². The number of carbonyl (C=O) groups is 1. The molecule has 1 aliphatic rings. The molecule has 2 rings (SSSR count). The number of nitrogens with zero attached hydrogens (tertiary/aromatic N) is 1. The molecule has 0 radical (unpaired) electrons. The van der Waals surface area contributed by atoms with Crippen LogP contribution in [0.4, 0.5) is 8.78 Å². The minimum Gasteiger partial charge on any atom is -0.434 e. The van der Waals surface area contributed by atoms with Gasteiger partial charge in [0.05, 0.1) is 0 Å². The van der Waals surface area contributed by atoms with E-state index in [2.05, 4.69) is 10.1 Å². The van der Waals surface area contributed by atoms with Crippen LogP contribution in [0.5, 0.6) is 5.75 Å². The second kappa shape index (κ2) is 6.21. The number of rotatable bonds is 6. The average molecular weight is 321 g/mol. The molecular weight excluding hydrogens is 310 g/mol. The maximum Gasteiger partial charge on any atom is 0.387 e. The smallest absolute Gasteiger partial charge is 0.387 e. The Bertz CT molecular complexity index is 570. The lowest BCUT2D eigenvalue weighted by Crippen LogP contribution is -2.27. The molecule has 1 saturated carbocycles. The van der Waals surface area contributed by atoms with E-state index >= 15 is 0 Å². The van der Waals surface area contributed by atoms with Crippen LogP contribution in [-0.2, 0) is 11.3 Å². The molecule has 0 saturated heterocycles. The van der Waals surface area contributed by atoms with Gasteiger partial charge in [0.15, 0.2) is 0 Å². The lowest BCUT2D eigenvalue weighted by atomic mass is 10.2. The molecule has 9 heteroatoms. The first-order chi connectivity index (χ1) is 9.88. The normalized spacial score (nSPS) is 20.2. The number of nitro groups is 1. The van der Waals surface area contributed by atoms with Crippen molar-refractivity contribution in [2.75, 3.05) is 0 Å². The molecule has 1 fully saturated rings. The molecule has 1 aromatic rings. The van der Waals surface area contributed by atoms with E-state index in [0.717, 1.165) is 0 Å². The Hall–Kier alpha value is -1.96. The standard InChI is InChI=1S/C12H11ClF2N2O4/c13-7-1-2-10(21-12(14)15)6(3-7)5-16-11(18)8-4-9(8)17(19)20/h1-3,8-9,12H,4-5H2,(H,16,18). The zero-order valence-electron chi connectivity index (χ0n) is 10.6. The van der Waals surface area contributed by atoms with Gasteiger partial charge in [0, 0.05) is 28.5 Å². The van der Waals surface area contributed by atoms with Crippen molar-refractivity contribution in [1.82, 2.24) is 5.32 Å². The van der Waals surface area contributed by atoms with Crippen molar-refractivity contribution < 1.29 is 23.2 Å². The SMILES string of the molecule is O=C(NCc1cc(Cl)ccc1OC(F)F)C1CC1[N+](=O)[O-]. The third-order valence-electron chi connectivity index (χ3n) is 3.06. The molecule has 0 heterocycles. The number of ether oxygens (including phenoxy) is 1. The highest BCUT2D eigenvalue weighted by Gasteiger charge is 2.53. The van der Waals surface area contributed by atoms with E-state index in [1.54, 1.807) is 0 Å². The van der Waals surface area contributed by atoms with Crippen LogP contribution in [0.3, 0.4) is 0 Å². The van der Waals surface area contributed by atoms with E-state index in [1.165, 1.54) is 18.2 Å². The largest absolute Gasteiger partial charge is 0.434 e. The Labute approximate surface area is 123 Å². The molecule has 0 aromatic heterocycles. The first kappa shape index (κ1) is 15.4. The fraction of sp³-hybridized carbons (Fsp3) is 0.417. The number of amides is 1. The first-order valence-electron chi connectivity index (χ1n) is 6.03. The number of hydrogen-bond donors (Lipinski definition) is 1. The number of nitrogens with one attached hydrogen (secondary N) is 1. The summed E-state index contributed by atoms with van der Waals surface area (Å²) in [4.78, 5) is 21.6. The van der Waals surface area contributed by atoms with Crippen molar-refractivity contribution in [3.8, 4) is 5.75 Å². The summed E-state index contributed by atoms with van der Waals surface area (Å²) in [6.45, 7) is -3.09. The van der Waals surface area contributed by atoms with E-state index in [1.807, 2.05) is 0 Å². The fourth-order valence-corrected chi connectivity index (χ4v) is 2.10. The zero-order chi connectivity index (χ0) is 15.6. The highest BCUT2D eigenvalue weighted by atomic mass is 35.5. The summed E-state index contributed by atoms with van der Waals surface area (Å²) >= 11 is 5.76. The van der Waals surface area contributed by atoms with Gasteiger partial charge in [-0.1, -0.05) is 11.6 Å². The minimum absolute atomic E-state index is 0.0949. The molecule has 114 valence electrons. The number of alkyl halides is 2. The molecule has 1 aliphatic carbocycles. The van der Waals surface area contributed by atoms with Crippen LogP contribution in [-0.4, -0.2) is 23.5 Å². The van der Waals surface area contributed by atoms with Crippen molar-refractivity contribution in [3.63, 3.8) is 0 Å². The van der Waals surface area contributed by atoms with Gasteiger partial charge in [-0.25, -0.2) is 0 Å². The molecule has 6 nitrogen and oxygen atoms in total. The van der Waals surface area contributed by atoms with Crippen LogP contribution in [0.15, 0.2) is 18.2 Å². The Kier molecular flexibility index (Phi) is 4.56. The third-order valence-corrected chi connectivity index (χ3v) is 3.29. The van der Waals surface area contributed by atoms with Crippen molar-refractivity contribution in [1.29, 1.82) is 0 Å². The highest BCUT2D eigenvalue weighted by molar-refractivity contribution is 6.30. The van der Waals surface area contributed by atoms with E-state index in [-0.39, 0.29) is 24.3 Å². The Morgan fingerprint density at radius 2 is 2.29 bits per heavy atom. The summed E-state index contributed by atoms with van der Waals surface area (Å²) < 4.78 is 28.8. The van der Waals surface area contributed by atoms with E-state index < -0.39 is 29.4 Å². The molecule has 0 aliphatic heterocycles. The van der Waals surface area contributed by atoms with Gasteiger partial charge in [-0.15, -0.1) is 0 Å². The summed E-state index contributed by atoms with van der Waals surface area (Å²) in [5, 5.41) is 13.2. The summed E-state index contributed by atoms with van der Waals surface area (Å²) in [5.74, 6) is -1.25. The van der Waals surface area contributed by atoms with Gasteiger partial charge in [-0.2, -0.15) is 8.78 Å². The van der Waals surface area contributed by atoms with Gasteiger partial charge in [0.2, 0.25) is 11.9 Å². The Morgan fingerprint density at radius 1 is 1.57 bits per heavy atom. The van der Waals surface area contributed by atoms with Crippen LogP contribution < -0.4 is 10.1 Å². The molecule has 2 unspecified atom stereocenters. The number of halogens is 3. The maximum atomic E-state index is 12.3. The van der Waals surface area contributed by atoms with Gasteiger partial charge in [-0.05, 0) is 18.2 Å². The Morgan fingerprint density at radius 3 is 2.86 bits per heavy atom. The number of hydrogen-bond acceptors (Lipinski definition) is 4. The summed E-state index contributed by atoms with van der Waals surface area (Å²) in [6, 6.07) is 3.18. The van der Waals surface area contributed by atoms with E-state index in [9.17, 15) is 23.7 Å². The molecule has 1 aromatic carbocycles. The summed E-state index contributed by atoms with van der Waals surface area (Å²) in [5.41, 5.74) is 0.273. The van der Waals surface area contributed by atoms with Gasteiger partial charge in [0.1, 0.15) is 11.7 Å². The molecule has 0 spiro atoms. The van der Waals surface area contributed by atoms with Crippen molar-refractivity contribution in [2.45, 2.75) is 25.6 Å². The molecule has 1 amide bonds. The molecule has 21 heavy (non-hydrogen) atoms. The quantitative estimate of drug-likeness (QED) is 0.643. The third kappa shape index (κ3) is 4.01. The highest BCUT2D eigenvalue weighted by Crippen LogP contribution is 2.33. The van der Waals surface area contributed by atoms with Crippen LogP contribution >= 0.6 is 11.6 Å². The topological polar surface area (TPSA) is 81.5 Å². The van der Waals surface area contributed by atoms with Crippen LogP contribution in [0.1, 0.15) is 12.0 Å². The van der Waals surface area contributed by atoms with Crippen LogP contribution in [0.25, 0.3) is 0 Å². The number of carbonyl (C=O) groups excluding carboxylic acids is 1. The fourth-order valence-electron chi connectivity index (χ4n) is 1.91. The molecule has 1 N–H and O–H groups in total. The Balaban J connectivity index is 1.98. The first-order valence-corrected chi connectivity index (χ1v) is 6.40. The van der Waals surface area contributed by atoms with Crippen molar-refractivity contribution in [2.24, 2.45) is 5.92 Å². The monoisotopic (exact) mass is 320 g/mol. The predicted octanol–water partition coefficient (Wildman–Crippen LogP) is 2.22. The predicted molar refractivity (Wildman–Crippen MR) is 68.8 cm³/mol. The average Bonchev–Trinajstić information content (AvgIpc) is 3.18. The van der Waals surface area contributed by atoms with E-state index in [0.29, 0.717) is 5.02 Å². The van der Waals surface area contributed by atoms with Crippen molar-refractivity contribution in [3.05, 3.63) is 38.9 Å². The lowest BCUT2D eigenvalue weighted by Gasteiger charge is -2.11. The van der Waals surface area contributed by atoms with Crippen molar-refractivity contribution >= 4 is 17.5 Å². The minimum atomic E-state index is -3.00. The van der Waals surface area contributed by atoms with Gasteiger partial charge in [-0.3, -0.25) is 14.9 Å². The number of benzene rings is 1. The van der Waals surface area contributed by atoms with Gasteiger partial charge >= 0.3 is 6.61 Å². The summed E-state index contributed by atoms with van der Waals surface area (Å²) in [7, 11) is 0.